The topological polar surface area (TPSA) is 90.9 Å². The Morgan fingerprint density at radius 3 is 1.78 bits per heavy atom. The van der Waals surface area contributed by atoms with Gasteiger partial charge in [-0.05, 0) is 116 Å². The summed E-state index contributed by atoms with van der Waals surface area (Å²) in [5.41, 5.74) is 7.09. The van der Waals surface area contributed by atoms with E-state index in [1.54, 1.807) is 14.2 Å². The molecule has 8 rings (SSSR count). The molecular formula is C41H43IN6O2. The van der Waals surface area contributed by atoms with Crippen molar-refractivity contribution in [2.45, 2.75) is 39.5 Å². The third kappa shape index (κ3) is 5.81. The molecule has 9 heteroatoms. The molecule has 0 spiro atoms. The summed E-state index contributed by atoms with van der Waals surface area (Å²) in [4.78, 5) is 12.0. The lowest BCUT2D eigenvalue weighted by atomic mass is 10.0. The highest BCUT2D eigenvalue weighted by Gasteiger charge is 2.18. The first-order chi connectivity index (χ1) is 23.9. The van der Waals surface area contributed by atoms with Gasteiger partial charge in [-0.1, -0.05) is 6.42 Å². The van der Waals surface area contributed by atoms with Crippen LogP contribution in [0.5, 0.6) is 11.5 Å². The number of pyridine rings is 2. The Morgan fingerprint density at radius 2 is 1.18 bits per heavy atom. The average molecular weight is 779 g/mol. The zero-order valence-electron chi connectivity index (χ0n) is 29.3. The molecule has 4 N–H and O–H groups in total. The molecule has 4 aromatic carbocycles. The molecule has 4 heterocycles. The van der Waals surface area contributed by atoms with Crippen LogP contribution in [-0.4, -0.2) is 42.3 Å². The number of aromatic amines is 2. The number of hydrogen-bond acceptors (Lipinski definition) is 5. The number of halogens is 1. The van der Waals surface area contributed by atoms with Crippen molar-refractivity contribution in [3.05, 3.63) is 84.2 Å². The smallest absolute Gasteiger partial charge is 0.282 e. The van der Waals surface area contributed by atoms with Gasteiger partial charge in [0.1, 0.15) is 17.3 Å². The van der Waals surface area contributed by atoms with Gasteiger partial charge in [-0.3, -0.25) is 5.32 Å². The molecule has 0 aliphatic heterocycles. The molecule has 0 atom stereocenters. The number of unbranched alkanes of at least 4 members (excludes halogenated alkanes) is 3. The molecule has 0 aliphatic rings. The van der Waals surface area contributed by atoms with Crippen molar-refractivity contribution in [2.24, 2.45) is 7.05 Å². The van der Waals surface area contributed by atoms with Crippen molar-refractivity contribution < 1.29 is 38.0 Å². The summed E-state index contributed by atoms with van der Waals surface area (Å²) >= 11 is 0. The SMILES string of the molecule is COc1ccc2[nH]c3c(C)c4ccnc(NCCCCCCNc5c6cc7c([nH]c8ccc(OC)cc87)c(C)c6cc[n+]5C)c4cc3c2c1.[I-]. The van der Waals surface area contributed by atoms with Crippen LogP contribution in [0.15, 0.2) is 73.1 Å². The van der Waals surface area contributed by atoms with E-state index < -0.39 is 0 Å². The number of nitrogens with zero attached hydrogens (tertiary/aromatic N) is 2. The molecule has 8 aromatic rings. The Labute approximate surface area is 308 Å². The number of anilines is 2. The second-order valence-electron chi connectivity index (χ2n) is 13.2. The van der Waals surface area contributed by atoms with Crippen molar-refractivity contribution in [1.29, 1.82) is 0 Å². The summed E-state index contributed by atoms with van der Waals surface area (Å²) in [6.45, 7) is 6.22. The highest BCUT2D eigenvalue weighted by Crippen LogP contribution is 2.37. The van der Waals surface area contributed by atoms with Crippen LogP contribution in [0.1, 0.15) is 36.8 Å². The molecule has 0 saturated carbocycles. The van der Waals surface area contributed by atoms with Gasteiger partial charge in [0, 0.05) is 50.7 Å². The summed E-state index contributed by atoms with van der Waals surface area (Å²) in [5.74, 6) is 3.83. The first-order valence-electron chi connectivity index (χ1n) is 17.2. The normalized spacial score (nSPS) is 11.6. The number of aromatic nitrogens is 4. The zero-order chi connectivity index (χ0) is 33.6. The molecule has 0 radical (unpaired) electrons. The molecular weight excluding hydrogens is 735 g/mol. The molecule has 0 amide bonds. The van der Waals surface area contributed by atoms with Crippen LogP contribution in [-0.2, 0) is 7.05 Å². The fraction of sp³-hybridized carbons (Fsp3) is 0.268. The summed E-state index contributed by atoms with van der Waals surface area (Å²) < 4.78 is 13.2. The molecule has 0 fully saturated rings. The average Bonchev–Trinajstić information content (AvgIpc) is 3.68. The minimum Gasteiger partial charge on any atom is -1.00 e. The van der Waals surface area contributed by atoms with Gasteiger partial charge >= 0.3 is 0 Å². The standard InChI is InChI=1S/C41H42N6O2.HI/c1-24-28-14-18-43-40(34(28)22-32-30-20-26(48-4)10-12-36(30)45-38(24)32)42-16-8-6-7-9-17-44-41-35-23-33-31-21-27(49-5)11-13-37(31)46-39(33)25(2)29(35)15-19-47(41)3;/h10-15,18-23H,6-9,16-17H2,1-5H3,(H3,42,43,44,45,46);1H. The van der Waals surface area contributed by atoms with Gasteiger partial charge in [-0.15, -0.1) is 0 Å². The molecule has 0 aliphatic carbocycles. The molecule has 0 unspecified atom stereocenters. The highest BCUT2D eigenvalue weighted by molar-refractivity contribution is 6.16. The molecule has 8 nitrogen and oxygen atoms in total. The minimum absolute atomic E-state index is 0. The third-order valence-electron chi connectivity index (χ3n) is 10.3. The maximum atomic E-state index is 5.53. The Bertz CT molecular complexity index is 2540. The largest absolute Gasteiger partial charge is 1.00 e. The lowest BCUT2D eigenvalue weighted by Gasteiger charge is -2.11. The van der Waals surface area contributed by atoms with E-state index in [9.17, 15) is 0 Å². The predicted molar refractivity (Wildman–Crippen MR) is 204 cm³/mol. The molecule has 0 saturated heterocycles. The number of aryl methyl sites for hydroxylation is 3. The monoisotopic (exact) mass is 778 g/mol. The number of rotatable bonds is 11. The summed E-state index contributed by atoms with van der Waals surface area (Å²) in [5, 5.41) is 17.1. The van der Waals surface area contributed by atoms with E-state index in [4.69, 9.17) is 14.5 Å². The van der Waals surface area contributed by atoms with Crippen molar-refractivity contribution in [1.82, 2.24) is 15.0 Å². The van der Waals surface area contributed by atoms with Crippen LogP contribution in [0.25, 0.3) is 65.2 Å². The van der Waals surface area contributed by atoms with Gasteiger partial charge in [-0.2, -0.15) is 0 Å². The summed E-state index contributed by atoms with van der Waals surface area (Å²) in [6.07, 6.45) is 8.58. The maximum Gasteiger partial charge on any atom is 0.282 e. The lowest BCUT2D eigenvalue weighted by molar-refractivity contribution is -0.656. The van der Waals surface area contributed by atoms with Crippen LogP contribution in [0.2, 0.25) is 0 Å². The molecule has 4 aromatic heterocycles. The first-order valence-corrected chi connectivity index (χ1v) is 17.2. The van der Waals surface area contributed by atoms with Crippen LogP contribution in [0, 0.1) is 13.8 Å². The quantitative estimate of drug-likeness (QED) is 0.0714. The van der Waals surface area contributed by atoms with Crippen LogP contribution in [0.3, 0.4) is 0 Å². The Kier molecular flexibility index (Phi) is 9.34. The Balaban J connectivity index is 0.00000392. The van der Waals surface area contributed by atoms with Gasteiger partial charge in [0.25, 0.3) is 5.82 Å². The van der Waals surface area contributed by atoms with Crippen molar-refractivity contribution in [3.8, 4) is 11.5 Å². The fourth-order valence-electron chi connectivity index (χ4n) is 7.55. The summed E-state index contributed by atoms with van der Waals surface area (Å²) in [7, 11) is 5.55. The van der Waals surface area contributed by atoms with Gasteiger partial charge < -0.3 is 48.7 Å². The van der Waals surface area contributed by atoms with E-state index in [0.717, 1.165) is 78.3 Å². The lowest BCUT2D eigenvalue weighted by Crippen LogP contribution is -3.00. The molecule has 256 valence electrons. The first kappa shape index (κ1) is 33.7. The van der Waals surface area contributed by atoms with E-state index in [2.05, 4.69) is 101 Å². The highest BCUT2D eigenvalue weighted by atomic mass is 127. The second-order valence-corrected chi connectivity index (χ2v) is 13.2. The molecule has 0 bridgehead atoms. The number of ether oxygens (including phenoxy) is 2. The number of methoxy groups -OCH3 is 2. The molecule has 50 heavy (non-hydrogen) atoms. The minimum atomic E-state index is 0. The van der Waals surface area contributed by atoms with Gasteiger partial charge in [0.2, 0.25) is 0 Å². The van der Waals surface area contributed by atoms with Crippen LogP contribution < -0.4 is 48.7 Å². The zero-order valence-corrected chi connectivity index (χ0v) is 31.4. The van der Waals surface area contributed by atoms with Crippen LogP contribution >= 0.6 is 0 Å². The maximum absolute atomic E-state index is 5.53. The van der Waals surface area contributed by atoms with Gasteiger partial charge in [0.05, 0.1) is 50.4 Å². The van der Waals surface area contributed by atoms with E-state index in [1.807, 2.05) is 18.3 Å². The number of fused-ring (bicyclic) bond motifs is 8. The van der Waals surface area contributed by atoms with E-state index in [0.29, 0.717) is 0 Å². The number of benzene rings is 4. The van der Waals surface area contributed by atoms with E-state index in [-0.39, 0.29) is 24.0 Å². The van der Waals surface area contributed by atoms with E-state index in [1.165, 1.54) is 59.9 Å². The van der Waals surface area contributed by atoms with E-state index >= 15 is 0 Å². The second kappa shape index (κ2) is 13.9. The summed E-state index contributed by atoms with van der Waals surface area (Å²) in [6, 6.07) is 21.4. The predicted octanol–water partition coefficient (Wildman–Crippen LogP) is 6.20. The Morgan fingerprint density at radius 1 is 0.620 bits per heavy atom. The van der Waals surface area contributed by atoms with Crippen LogP contribution in [0.4, 0.5) is 11.6 Å². The Hall–Kier alpha value is -4.77. The number of H-pyrrole nitrogens is 2. The fourth-order valence-corrected chi connectivity index (χ4v) is 7.55. The third-order valence-corrected chi connectivity index (χ3v) is 10.3. The van der Waals surface area contributed by atoms with Gasteiger partial charge in [-0.25, -0.2) is 9.55 Å². The van der Waals surface area contributed by atoms with Crippen molar-refractivity contribution in [2.75, 3.05) is 37.9 Å². The van der Waals surface area contributed by atoms with Gasteiger partial charge in [0.15, 0.2) is 0 Å². The van der Waals surface area contributed by atoms with Crippen molar-refractivity contribution >= 4 is 76.8 Å². The van der Waals surface area contributed by atoms with Crippen molar-refractivity contribution in [3.63, 3.8) is 0 Å². The number of hydrogen-bond donors (Lipinski definition) is 4. The number of nitrogens with one attached hydrogen (secondary N) is 4.